The summed E-state index contributed by atoms with van der Waals surface area (Å²) < 4.78 is 12.5. The Hall–Kier alpha value is -0.370. The first kappa shape index (κ1) is 9.63. The molecule has 0 bridgehead atoms. The van der Waals surface area contributed by atoms with Crippen LogP contribution in [0.2, 0.25) is 0 Å². The molecule has 0 unspecified atom stereocenters. The third-order valence-corrected chi connectivity index (χ3v) is 2.16. The van der Waals surface area contributed by atoms with Crippen molar-refractivity contribution >= 4 is 0 Å². The minimum absolute atomic E-state index is 0.627. The third kappa shape index (κ3) is 2.97. The summed E-state index contributed by atoms with van der Waals surface area (Å²) in [6, 6.07) is 0. The van der Waals surface area contributed by atoms with Crippen molar-refractivity contribution in [1.29, 1.82) is 0 Å². The average molecular weight is 146 g/mol. The summed E-state index contributed by atoms with van der Waals surface area (Å²) in [4.78, 5) is 0. The van der Waals surface area contributed by atoms with Gasteiger partial charge in [0.05, 0.1) is 33.0 Å². The number of hydrogen-bond donors (Lipinski definition) is 0. The SMILES string of the molecule is CC[N+](C)(CC)CC=CF. The zero-order chi connectivity index (χ0) is 8.04. The van der Waals surface area contributed by atoms with Gasteiger partial charge in [0.1, 0.15) is 0 Å². The Bertz CT molecular complexity index is 106. The quantitative estimate of drug-likeness (QED) is 0.532. The largest absolute Gasteiger partial charge is 0.323 e. The van der Waals surface area contributed by atoms with Crippen LogP contribution in [-0.2, 0) is 0 Å². The van der Waals surface area contributed by atoms with Crippen LogP contribution in [0.4, 0.5) is 4.39 Å². The molecule has 0 heterocycles. The lowest BCUT2D eigenvalue weighted by atomic mass is 10.4. The molecule has 2 heteroatoms. The van der Waals surface area contributed by atoms with Crippen LogP contribution in [0.3, 0.4) is 0 Å². The summed E-state index contributed by atoms with van der Waals surface area (Å²) in [6.07, 6.45) is 2.20. The van der Waals surface area contributed by atoms with E-state index in [-0.39, 0.29) is 0 Å². The van der Waals surface area contributed by atoms with Gasteiger partial charge in [0.15, 0.2) is 0 Å². The van der Waals surface area contributed by atoms with Crippen molar-refractivity contribution in [3.8, 4) is 0 Å². The molecule has 0 aliphatic rings. The number of nitrogens with zero attached hydrogens (tertiary/aromatic N) is 1. The Morgan fingerprint density at radius 2 is 1.80 bits per heavy atom. The van der Waals surface area contributed by atoms with E-state index in [2.05, 4.69) is 20.9 Å². The van der Waals surface area contributed by atoms with Gasteiger partial charge < -0.3 is 4.48 Å². The van der Waals surface area contributed by atoms with E-state index in [0.29, 0.717) is 6.33 Å². The fourth-order valence-electron chi connectivity index (χ4n) is 0.776. The standard InChI is InChI=1S/C8H17FN/c1-4-10(3,5-2)8-6-7-9/h6-7H,4-5,8H2,1-3H3/q+1. The molecule has 0 aliphatic heterocycles. The second kappa shape index (κ2) is 4.45. The van der Waals surface area contributed by atoms with Crippen molar-refractivity contribution in [2.45, 2.75) is 13.8 Å². The molecule has 60 valence electrons. The first-order chi connectivity index (χ1) is 4.68. The molecule has 0 amide bonds. The highest BCUT2D eigenvalue weighted by atomic mass is 19.1. The third-order valence-electron chi connectivity index (χ3n) is 2.16. The summed E-state index contributed by atoms with van der Waals surface area (Å²) in [5, 5.41) is 0. The van der Waals surface area contributed by atoms with Gasteiger partial charge in [-0.05, 0) is 19.9 Å². The van der Waals surface area contributed by atoms with Gasteiger partial charge in [0.25, 0.3) is 0 Å². The Balaban J connectivity index is 3.80. The van der Waals surface area contributed by atoms with Gasteiger partial charge in [-0.15, -0.1) is 0 Å². The van der Waals surface area contributed by atoms with E-state index in [9.17, 15) is 4.39 Å². The fraction of sp³-hybridized carbons (Fsp3) is 0.750. The van der Waals surface area contributed by atoms with Crippen LogP contribution in [0.1, 0.15) is 13.8 Å². The lowest BCUT2D eigenvalue weighted by Gasteiger charge is -2.30. The lowest BCUT2D eigenvalue weighted by molar-refractivity contribution is -0.900. The first-order valence-electron chi connectivity index (χ1n) is 3.77. The van der Waals surface area contributed by atoms with E-state index in [0.717, 1.165) is 24.1 Å². The molecule has 0 saturated carbocycles. The molecule has 0 aliphatic carbocycles. The van der Waals surface area contributed by atoms with Crippen LogP contribution in [0.25, 0.3) is 0 Å². The minimum atomic E-state index is 0.627. The Morgan fingerprint density at radius 3 is 2.10 bits per heavy atom. The molecule has 0 radical (unpaired) electrons. The van der Waals surface area contributed by atoms with E-state index in [1.165, 1.54) is 0 Å². The van der Waals surface area contributed by atoms with E-state index in [4.69, 9.17) is 0 Å². The zero-order valence-corrected chi connectivity index (χ0v) is 7.10. The summed E-state index contributed by atoms with van der Waals surface area (Å²) in [5.41, 5.74) is 0. The molecule has 10 heavy (non-hydrogen) atoms. The van der Waals surface area contributed by atoms with E-state index in [1.54, 1.807) is 6.08 Å². The minimum Gasteiger partial charge on any atom is -0.323 e. The molecule has 0 saturated heterocycles. The molecule has 0 aromatic carbocycles. The van der Waals surface area contributed by atoms with Crippen molar-refractivity contribution in [3.05, 3.63) is 12.4 Å². The summed E-state index contributed by atoms with van der Waals surface area (Å²) in [6.45, 7) is 7.15. The maximum atomic E-state index is 11.6. The van der Waals surface area contributed by atoms with Gasteiger partial charge in [-0.1, -0.05) is 0 Å². The highest BCUT2D eigenvalue weighted by Gasteiger charge is 2.12. The highest BCUT2D eigenvalue weighted by molar-refractivity contribution is 4.70. The smallest absolute Gasteiger partial charge is 0.0996 e. The number of likely N-dealkylation sites (N-methyl/N-ethyl adjacent to an activating group) is 1. The molecule has 0 N–H and O–H groups in total. The molecule has 0 aromatic heterocycles. The van der Waals surface area contributed by atoms with Crippen LogP contribution in [-0.4, -0.2) is 31.2 Å². The molecule has 1 nitrogen and oxygen atoms in total. The monoisotopic (exact) mass is 146 g/mol. The van der Waals surface area contributed by atoms with Gasteiger partial charge in [-0.2, -0.15) is 0 Å². The fourth-order valence-corrected chi connectivity index (χ4v) is 0.776. The topological polar surface area (TPSA) is 0 Å². The van der Waals surface area contributed by atoms with Crippen LogP contribution in [0, 0.1) is 0 Å². The lowest BCUT2D eigenvalue weighted by Crippen LogP contribution is -2.43. The predicted molar refractivity (Wildman–Crippen MR) is 42.4 cm³/mol. The van der Waals surface area contributed by atoms with Crippen LogP contribution < -0.4 is 0 Å². The normalized spacial score (nSPS) is 12.8. The molecule has 0 aromatic rings. The van der Waals surface area contributed by atoms with Crippen LogP contribution >= 0.6 is 0 Å². The maximum absolute atomic E-state index is 11.6. The predicted octanol–water partition coefficient (Wildman–Crippen LogP) is 1.96. The van der Waals surface area contributed by atoms with Gasteiger partial charge in [0.2, 0.25) is 0 Å². The first-order valence-corrected chi connectivity index (χ1v) is 3.77. The van der Waals surface area contributed by atoms with Crippen molar-refractivity contribution < 1.29 is 8.87 Å². The van der Waals surface area contributed by atoms with E-state index < -0.39 is 0 Å². The Labute approximate surface area is 62.7 Å². The number of quaternary nitrogens is 1. The molecule has 0 spiro atoms. The summed E-state index contributed by atoms with van der Waals surface area (Å²) >= 11 is 0. The maximum Gasteiger partial charge on any atom is 0.0996 e. The number of rotatable bonds is 4. The molecular weight excluding hydrogens is 129 g/mol. The van der Waals surface area contributed by atoms with Gasteiger partial charge >= 0.3 is 0 Å². The highest BCUT2D eigenvalue weighted by Crippen LogP contribution is 2.00. The van der Waals surface area contributed by atoms with Crippen LogP contribution in [0.5, 0.6) is 0 Å². The Kier molecular flexibility index (Phi) is 4.28. The van der Waals surface area contributed by atoms with Crippen molar-refractivity contribution in [3.63, 3.8) is 0 Å². The molecule has 0 atom stereocenters. The zero-order valence-electron chi connectivity index (χ0n) is 7.10. The van der Waals surface area contributed by atoms with Gasteiger partial charge in [-0.25, -0.2) is 4.39 Å². The second-order valence-electron chi connectivity index (χ2n) is 2.80. The number of hydrogen-bond acceptors (Lipinski definition) is 0. The summed E-state index contributed by atoms with van der Waals surface area (Å²) in [5.74, 6) is 0. The van der Waals surface area contributed by atoms with Crippen molar-refractivity contribution in [2.24, 2.45) is 0 Å². The van der Waals surface area contributed by atoms with E-state index >= 15 is 0 Å². The molecule has 0 rings (SSSR count). The van der Waals surface area contributed by atoms with Gasteiger partial charge in [0, 0.05) is 0 Å². The van der Waals surface area contributed by atoms with Gasteiger partial charge in [-0.3, -0.25) is 0 Å². The van der Waals surface area contributed by atoms with Crippen LogP contribution in [0.15, 0.2) is 12.4 Å². The van der Waals surface area contributed by atoms with E-state index in [1.807, 2.05) is 0 Å². The average Bonchev–Trinajstić information content (AvgIpc) is 2.00. The number of halogens is 1. The van der Waals surface area contributed by atoms with Crippen molar-refractivity contribution in [2.75, 3.05) is 26.7 Å². The molecular formula is C8H17FN+. The second-order valence-corrected chi connectivity index (χ2v) is 2.80. The van der Waals surface area contributed by atoms with Crippen molar-refractivity contribution in [1.82, 2.24) is 0 Å². The summed E-state index contributed by atoms with van der Waals surface area (Å²) in [7, 11) is 2.12. The molecule has 0 fully saturated rings. The Morgan fingerprint density at radius 1 is 1.30 bits per heavy atom.